The molecule has 1 aromatic rings. The zero-order valence-electron chi connectivity index (χ0n) is 11.1. The van der Waals surface area contributed by atoms with E-state index in [1.54, 1.807) is 6.20 Å². The molecular formula is C14H23N3O. The Morgan fingerprint density at radius 2 is 2.17 bits per heavy atom. The van der Waals surface area contributed by atoms with E-state index in [-0.39, 0.29) is 0 Å². The standard InChI is InChI=1S/C14H23N3O/c1-2-10-18-13-4-3-9-16-14(13)17-12-7-5-11(15)6-8-12/h3-4,9,11-12H,2,5-8,10,15H2,1H3,(H,16,17). The van der Waals surface area contributed by atoms with Gasteiger partial charge in [0.1, 0.15) is 0 Å². The molecule has 1 heterocycles. The Hall–Kier alpha value is -1.29. The Bertz CT molecular complexity index is 362. The Morgan fingerprint density at radius 3 is 2.89 bits per heavy atom. The smallest absolute Gasteiger partial charge is 0.168 e. The van der Waals surface area contributed by atoms with E-state index in [4.69, 9.17) is 10.5 Å². The van der Waals surface area contributed by atoms with Gasteiger partial charge in [-0.3, -0.25) is 0 Å². The number of ether oxygens (including phenoxy) is 1. The second kappa shape index (κ2) is 6.59. The maximum atomic E-state index is 5.92. The summed E-state index contributed by atoms with van der Waals surface area (Å²) in [6.07, 6.45) is 7.23. The molecule has 18 heavy (non-hydrogen) atoms. The average molecular weight is 249 g/mol. The van der Waals surface area contributed by atoms with Crippen LogP contribution in [0.5, 0.6) is 5.75 Å². The van der Waals surface area contributed by atoms with Crippen molar-refractivity contribution in [3.8, 4) is 5.75 Å². The summed E-state index contributed by atoms with van der Waals surface area (Å²) in [5, 5.41) is 3.49. The minimum atomic E-state index is 0.377. The third-order valence-electron chi connectivity index (χ3n) is 3.35. The lowest BCUT2D eigenvalue weighted by atomic mass is 9.92. The van der Waals surface area contributed by atoms with Gasteiger partial charge in [-0.2, -0.15) is 0 Å². The van der Waals surface area contributed by atoms with Crippen LogP contribution in [0.3, 0.4) is 0 Å². The fraction of sp³-hybridized carbons (Fsp3) is 0.643. The largest absolute Gasteiger partial charge is 0.490 e. The predicted octanol–water partition coefficient (Wildman–Crippen LogP) is 2.55. The Kier molecular flexibility index (Phi) is 4.81. The second-order valence-corrected chi connectivity index (χ2v) is 4.95. The fourth-order valence-electron chi connectivity index (χ4n) is 2.28. The number of nitrogens with zero attached hydrogens (tertiary/aromatic N) is 1. The molecule has 4 heteroatoms. The summed E-state index contributed by atoms with van der Waals surface area (Å²) in [6, 6.07) is 4.73. The third kappa shape index (κ3) is 3.60. The van der Waals surface area contributed by atoms with Crippen LogP contribution >= 0.6 is 0 Å². The van der Waals surface area contributed by atoms with Crippen LogP contribution in [0, 0.1) is 0 Å². The molecule has 0 saturated heterocycles. The van der Waals surface area contributed by atoms with Gasteiger partial charge in [-0.1, -0.05) is 6.92 Å². The molecule has 0 unspecified atom stereocenters. The molecule has 100 valence electrons. The molecule has 1 fully saturated rings. The number of hydrogen-bond acceptors (Lipinski definition) is 4. The molecule has 0 spiro atoms. The normalized spacial score (nSPS) is 23.7. The van der Waals surface area contributed by atoms with Crippen molar-refractivity contribution in [1.29, 1.82) is 0 Å². The van der Waals surface area contributed by atoms with Crippen LogP contribution in [0.25, 0.3) is 0 Å². The van der Waals surface area contributed by atoms with Crippen LogP contribution < -0.4 is 15.8 Å². The van der Waals surface area contributed by atoms with E-state index in [0.29, 0.717) is 12.1 Å². The average Bonchev–Trinajstić information content (AvgIpc) is 2.40. The topological polar surface area (TPSA) is 60.2 Å². The van der Waals surface area contributed by atoms with Crippen LogP contribution in [-0.2, 0) is 0 Å². The summed E-state index contributed by atoms with van der Waals surface area (Å²) < 4.78 is 5.70. The van der Waals surface area contributed by atoms with Crippen LogP contribution in [0.2, 0.25) is 0 Å². The maximum absolute atomic E-state index is 5.92. The Labute approximate surface area is 109 Å². The zero-order valence-corrected chi connectivity index (χ0v) is 11.1. The highest BCUT2D eigenvalue weighted by Crippen LogP contribution is 2.26. The second-order valence-electron chi connectivity index (χ2n) is 4.95. The lowest BCUT2D eigenvalue weighted by Gasteiger charge is -2.27. The number of hydrogen-bond donors (Lipinski definition) is 2. The fourth-order valence-corrected chi connectivity index (χ4v) is 2.28. The molecule has 0 radical (unpaired) electrons. The molecule has 1 aromatic heterocycles. The van der Waals surface area contributed by atoms with Crippen molar-refractivity contribution in [2.24, 2.45) is 5.73 Å². The highest BCUT2D eigenvalue weighted by molar-refractivity contribution is 5.50. The molecule has 0 bridgehead atoms. The summed E-state index contributed by atoms with van der Waals surface area (Å²) >= 11 is 0. The van der Waals surface area contributed by atoms with Crippen molar-refractivity contribution >= 4 is 5.82 Å². The maximum Gasteiger partial charge on any atom is 0.168 e. The van der Waals surface area contributed by atoms with Crippen LogP contribution in [-0.4, -0.2) is 23.7 Å². The molecule has 0 aliphatic heterocycles. The van der Waals surface area contributed by atoms with Crippen LogP contribution in [0.1, 0.15) is 39.0 Å². The summed E-state index contributed by atoms with van der Waals surface area (Å²) in [5.41, 5.74) is 5.92. The minimum Gasteiger partial charge on any atom is -0.490 e. The van der Waals surface area contributed by atoms with Gasteiger partial charge in [0.05, 0.1) is 6.61 Å². The highest BCUT2D eigenvalue weighted by Gasteiger charge is 2.19. The monoisotopic (exact) mass is 249 g/mol. The Morgan fingerprint density at radius 1 is 1.39 bits per heavy atom. The number of nitrogens with two attached hydrogens (primary N) is 1. The van der Waals surface area contributed by atoms with Gasteiger partial charge in [0.25, 0.3) is 0 Å². The molecule has 1 aliphatic carbocycles. The molecule has 1 saturated carbocycles. The molecule has 1 aliphatic rings. The van der Waals surface area contributed by atoms with Crippen molar-refractivity contribution < 1.29 is 4.74 Å². The quantitative estimate of drug-likeness (QED) is 0.842. The summed E-state index contributed by atoms with van der Waals surface area (Å²) in [5.74, 6) is 1.72. The van der Waals surface area contributed by atoms with Crippen LogP contribution in [0.4, 0.5) is 5.82 Å². The molecule has 2 rings (SSSR count). The van der Waals surface area contributed by atoms with E-state index >= 15 is 0 Å². The van der Waals surface area contributed by atoms with E-state index in [1.165, 1.54) is 0 Å². The first-order valence-electron chi connectivity index (χ1n) is 6.89. The number of nitrogens with one attached hydrogen (secondary N) is 1. The van der Waals surface area contributed by atoms with E-state index in [1.807, 2.05) is 12.1 Å². The van der Waals surface area contributed by atoms with Crippen molar-refractivity contribution in [2.75, 3.05) is 11.9 Å². The number of pyridine rings is 1. The lowest BCUT2D eigenvalue weighted by Crippen LogP contribution is -2.33. The lowest BCUT2D eigenvalue weighted by molar-refractivity contribution is 0.316. The van der Waals surface area contributed by atoms with E-state index in [9.17, 15) is 0 Å². The third-order valence-corrected chi connectivity index (χ3v) is 3.35. The SMILES string of the molecule is CCCOc1cccnc1NC1CCC(N)CC1. The zero-order chi connectivity index (χ0) is 12.8. The van der Waals surface area contributed by atoms with Gasteiger partial charge in [-0.25, -0.2) is 4.98 Å². The van der Waals surface area contributed by atoms with E-state index in [0.717, 1.165) is 50.3 Å². The first-order valence-corrected chi connectivity index (χ1v) is 6.89. The summed E-state index contributed by atoms with van der Waals surface area (Å²) in [4.78, 5) is 4.38. The van der Waals surface area contributed by atoms with Gasteiger partial charge in [-0.05, 0) is 44.2 Å². The van der Waals surface area contributed by atoms with Gasteiger partial charge >= 0.3 is 0 Å². The van der Waals surface area contributed by atoms with Gasteiger partial charge in [0.15, 0.2) is 11.6 Å². The molecule has 0 amide bonds. The highest BCUT2D eigenvalue weighted by atomic mass is 16.5. The van der Waals surface area contributed by atoms with Crippen LogP contribution in [0.15, 0.2) is 18.3 Å². The van der Waals surface area contributed by atoms with Crippen molar-refractivity contribution in [3.05, 3.63) is 18.3 Å². The van der Waals surface area contributed by atoms with Crippen molar-refractivity contribution in [2.45, 2.75) is 51.1 Å². The molecular weight excluding hydrogens is 226 g/mol. The first kappa shape index (κ1) is 13.1. The van der Waals surface area contributed by atoms with Gasteiger partial charge in [-0.15, -0.1) is 0 Å². The molecule has 0 aromatic carbocycles. The first-order chi connectivity index (χ1) is 8.79. The number of rotatable bonds is 5. The summed E-state index contributed by atoms with van der Waals surface area (Å²) in [7, 11) is 0. The van der Waals surface area contributed by atoms with E-state index < -0.39 is 0 Å². The van der Waals surface area contributed by atoms with Gasteiger partial charge in [0.2, 0.25) is 0 Å². The molecule has 4 nitrogen and oxygen atoms in total. The molecule has 0 atom stereocenters. The predicted molar refractivity (Wildman–Crippen MR) is 73.9 cm³/mol. The van der Waals surface area contributed by atoms with Gasteiger partial charge in [0, 0.05) is 18.3 Å². The van der Waals surface area contributed by atoms with Crippen molar-refractivity contribution in [3.63, 3.8) is 0 Å². The number of anilines is 1. The molecule has 3 N–H and O–H groups in total. The number of aromatic nitrogens is 1. The van der Waals surface area contributed by atoms with Crippen molar-refractivity contribution in [1.82, 2.24) is 4.98 Å². The Balaban J connectivity index is 1.95. The summed E-state index contributed by atoms with van der Waals surface area (Å²) in [6.45, 7) is 2.84. The minimum absolute atomic E-state index is 0.377. The van der Waals surface area contributed by atoms with E-state index in [2.05, 4.69) is 17.2 Å². The van der Waals surface area contributed by atoms with Gasteiger partial charge < -0.3 is 15.8 Å².